The highest BCUT2D eigenvalue weighted by molar-refractivity contribution is 5.74. The highest BCUT2D eigenvalue weighted by atomic mass is 16.2. The van der Waals surface area contributed by atoms with Crippen molar-refractivity contribution in [2.45, 2.75) is 51.0 Å². The average molecular weight is 264 g/mol. The van der Waals surface area contributed by atoms with E-state index in [-0.39, 0.29) is 6.03 Å². The number of hydrogen-bond donors (Lipinski definition) is 2. The lowest BCUT2D eigenvalue weighted by atomic mass is 10.1. The minimum atomic E-state index is -0.0317. The molecule has 5 nitrogen and oxygen atoms in total. The zero-order valence-corrected chi connectivity index (χ0v) is 11.7. The number of urea groups is 1. The third-order valence-corrected chi connectivity index (χ3v) is 3.65. The second-order valence-corrected chi connectivity index (χ2v) is 5.36. The summed E-state index contributed by atoms with van der Waals surface area (Å²) >= 11 is 0. The Morgan fingerprint density at radius 2 is 2.11 bits per heavy atom. The van der Waals surface area contributed by atoms with E-state index in [1.54, 1.807) is 4.68 Å². The van der Waals surface area contributed by atoms with Crippen molar-refractivity contribution in [3.63, 3.8) is 0 Å². The van der Waals surface area contributed by atoms with Crippen molar-refractivity contribution < 1.29 is 4.79 Å². The summed E-state index contributed by atoms with van der Waals surface area (Å²) in [5.74, 6) is 0. The molecule has 0 bridgehead atoms. The van der Waals surface area contributed by atoms with E-state index in [0.29, 0.717) is 12.6 Å². The molecular weight excluding hydrogens is 240 g/mol. The smallest absolute Gasteiger partial charge is 0.315 e. The average Bonchev–Trinajstić information content (AvgIpc) is 2.63. The molecule has 1 aromatic rings. The molecule has 1 aliphatic rings. The van der Waals surface area contributed by atoms with Crippen molar-refractivity contribution in [2.24, 2.45) is 7.05 Å². The zero-order chi connectivity index (χ0) is 13.5. The number of rotatable bonds is 4. The molecule has 2 rings (SSSR count). The largest absolute Gasteiger partial charge is 0.338 e. The van der Waals surface area contributed by atoms with E-state index in [4.69, 9.17) is 0 Å². The molecule has 0 unspecified atom stereocenters. The Hall–Kier alpha value is -1.52. The van der Waals surface area contributed by atoms with Gasteiger partial charge in [0.1, 0.15) is 0 Å². The summed E-state index contributed by atoms with van der Waals surface area (Å²) in [6.07, 6.45) is 12.0. The first-order valence-electron chi connectivity index (χ1n) is 7.26. The van der Waals surface area contributed by atoms with Crippen LogP contribution in [0.2, 0.25) is 0 Å². The Morgan fingerprint density at radius 1 is 1.37 bits per heavy atom. The molecule has 106 valence electrons. The van der Waals surface area contributed by atoms with Crippen molar-refractivity contribution in [3.8, 4) is 0 Å². The van der Waals surface area contributed by atoms with Crippen LogP contribution in [0.3, 0.4) is 0 Å². The SMILES string of the molecule is Cn1cc(CCNC(=O)NC2CCCCCC2)cn1. The Balaban J connectivity index is 1.63. The molecule has 0 radical (unpaired) electrons. The van der Waals surface area contributed by atoms with Crippen molar-refractivity contribution in [2.75, 3.05) is 6.54 Å². The quantitative estimate of drug-likeness (QED) is 0.817. The van der Waals surface area contributed by atoms with E-state index >= 15 is 0 Å². The van der Waals surface area contributed by atoms with Gasteiger partial charge in [-0.2, -0.15) is 5.10 Å². The Morgan fingerprint density at radius 3 is 2.74 bits per heavy atom. The molecule has 0 aliphatic heterocycles. The van der Waals surface area contributed by atoms with Gasteiger partial charge in [0, 0.05) is 25.8 Å². The third kappa shape index (κ3) is 4.93. The fourth-order valence-corrected chi connectivity index (χ4v) is 2.58. The van der Waals surface area contributed by atoms with Gasteiger partial charge >= 0.3 is 6.03 Å². The Bertz CT molecular complexity index is 394. The van der Waals surface area contributed by atoms with Crippen LogP contribution < -0.4 is 10.6 Å². The van der Waals surface area contributed by atoms with Crippen LogP contribution in [-0.2, 0) is 13.5 Å². The summed E-state index contributed by atoms with van der Waals surface area (Å²) in [5.41, 5.74) is 1.15. The van der Waals surface area contributed by atoms with Gasteiger partial charge < -0.3 is 10.6 Å². The third-order valence-electron chi connectivity index (χ3n) is 3.65. The number of nitrogens with one attached hydrogen (secondary N) is 2. The number of amides is 2. The minimum Gasteiger partial charge on any atom is -0.338 e. The number of aromatic nitrogens is 2. The maximum Gasteiger partial charge on any atom is 0.315 e. The van der Waals surface area contributed by atoms with Gasteiger partial charge in [0.15, 0.2) is 0 Å². The van der Waals surface area contributed by atoms with E-state index in [2.05, 4.69) is 15.7 Å². The number of hydrogen-bond acceptors (Lipinski definition) is 2. The first-order valence-corrected chi connectivity index (χ1v) is 7.26. The molecule has 2 amide bonds. The molecule has 0 atom stereocenters. The maximum absolute atomic E-state index is 11.8. The Kier molecular flexibility index (Phi) is 5.24. The lowest BCUT2D eigenvalue weighted by Gasteiger charge is -2.16. The van der Waals surface area contributed by atoms with Crippen LogP contribution in [0.4, 0.5) is 4.79 Å². The maximum atomic E-state index is 11.8. The molecule has 1 aromatic heterocycles. The first-order chi connectivity index (χ1) is 9.24. The summed E-state index contributed by atoms with van der Waals surface area (Å²) in [5, 5.41) is 10.1. The summed E-state index contributed by atoms with van der Waals surface area (Å²) < 4.78 is 1.78. The standard InChI is InChI=1S/C14H24N4O/c1-18-11-12(10-16-18)8-9-15-14(19)17-13-6-4-2-3-5-7-13/h10-11,13H,2-9H2,1H3,(H2,15,17,19). The number of carbonyl (C=O) groups excluding carboxylic acids is 1. The van der Waals surface area contributed by atoms with Gasteiger partial charge in [-0.15, -0.1) is 0 Å². The fraction of sp³-hybridized carbons (Fsp3) is 0.714. The lowest BCUT2D eigenvalue weighted by Crippen LogP contribution is -2.42. The second-order valence-electron chi connectivity index (χ2n) is 5.36. The molecule has 1 fully saturated rings. The predicted molar refractivity (Wildman–Crippen MR) is 74.9 cm³/mol. The molecule has 19 heavy (non-hydrogen) atoms. The predicted octanol–water partition coefficient (Wildman–Crippen LogP) is 1.98. The molecular formula is C14H24N4O. The van der Waals surface area contributed by atoms with Crippen LogP contribution in [-0.4, -0.2) is 28.4 Å². The van der Waals surface area contributed by atoms with Crippen molar-refractivity contribution in [3.05, 3.63) is 18.0 Å². The van der Waals surface area contributed by atoms with Gasteiger partial charge in [-0.1, -0.05) is 25.7 Å². The van der Waals surface area contributed by atoms with Crippen LogP contribution in [0.25, 0.3) is 0 Å². The second kappa shape index (κ2) is 7.16. The molecule has 0 aromatic carbocycles. The molecule has 0 saturated heterocycles. The van der Waals surface area contributed by atoms with Crippen LogP contribution in [0.5, 0.6) is 0 Å². The van der Waals surface area contributed by atoms with E-state index in [1.165, 1.54) is 25.7 Å². The summed E-state index contributed by atoms with van der Waals surface area (Å²) in [7, 11) is 1.90. The molecule has 1 saturated carbocycles. The van der Waals surface area contributed by atoms with Gasteiger partial charge in [0.2, 0.25) is 0 Å². The highest BCUT2D eigenvalue weighted by Gasteiger charge is 2.14. The molecule has 2 N–H and O–H groups in total. The van der Waals surface area contributed by atoms with E-state index in [1.807, 2.05) is 19.4 Å². The van der Waals surface area contributed by atoms with Crippen LogP contribution >= 0.6 is 0 Å². The molecule has 1 heterocycles. The van der Waals surface area contributed by atoms with Crippen LogP contribution in [0.15, 0.2) is 12.4 Å². The first kappa shape index (κ1) is 13.9. The number of carbonyl (C=O) groups is 1. The fourth-order valence-electron chi connectivity index (χ4n) is 2.58. The van der Waals surface area contributed by atoms with Gasteiger partial charge in [-0.3, -0.25) is 4.68 Å². The monoisotopic (exact) mass is 264 g/mol. The van der Waals surface area contributed by atoms with Gasteiger partial charge in [0.25, 0.3) is 0 Å². The van der Waals surface area contributed by atoms with Crippen LogP contribution in [0, 0.1) is 0 Å². The van der Waals surface area contributed by atoms with Crippen molar-refractivity contribution >= 4 is 6.03 Å². The van der Waals surface area contributed by atoms with E-state index in [9.17, 15) is 4.79 Å². The molecule has 0 spiro atoms. The van der Waals surface area contributed by atoms with Crippen LogP contribution in [0.1, 0.15) is 44.1 Å². The highest BCUT2D eigenvalue weighted by Crippen LogP contribution is 2.16. The number of aryl methyl sites for hydroxylation is 1. The van der Waals surface area contributed by atoms with Gasteiger partial charge in [-0.05, 0) is 24.8 Å². The van der Waals surface area contributed by atoms with E-state index in [0.717, 1.165) is 24.8 Å². The molecule has 5 heteroatoms. The summed E-state index contributed by atoms with van der Waals surface area (Å²) in [4.78, 5) is 11.8. The normalized spacial score (nSPS) is 16.9. The summed E-state index contributed by atoms with van der Waals surface area (Å²) in [6, 6.07) is 0.330. The topological polar surface area (TPSA) is 59.0 Å². The van der Waals surface area contributed by atoms with E-state index < -0.39 is 0 Å². The van der Waals surface area contributed by atoms with Gasteiger partial charge in [-0.25, -0.2) is 4.79 Å². The van der Waals surface area contributed by atoms with Crippen molar-refractivity contribution in [1.82, 2.24) is 20.4 Å². The minimum absolute atomic E-state index is 0.0317. The molecule has 1 aliphatic carbocycles. The lowest BCUT2D eigenvalue weighted by molar-refractivity contribution is 0.235. The van der Waals surface area contributed by atoms with Crippen molar-refractivity contribution in [1.29, 1.82) is 0 Å². The Labute approximate surface area is 114 Å². The summed E-state index contributed by atoms with van der Waals surface area (Å²) in [6.45, 7) is 0.657. The zero-order valence-electron chi connectivity index (χ0n) is 11.7. The van der Waals surface area contributed by atoms with Gasteiger partial charge in [0.05, 0.1) is 6.20 Å². The number of nitrogens with zero attached hydrogens (tertiary/aromatic N) is 2.